The van der Waals surface area contributed by atoms with Crippen LogP contribution in [0.5, 0.6) is 0 Å². The first kappa shape index (κ1) is 14.9. The van der Waals surface area contributed by atoms with Crippen molar-refractivity contribution in [3.63, 3.8) is 0 Å². The van der Waals surface area contributed by atoms with Crippen molar-refractivity contribution in [3.05, 3.63) is 46.2 Å². The summed E-state index contributed by atoms with van der Waals surface area (Å²) in [6.07, 6.45) is 2.03. The Hall–Kier alpha value is -2.45. The zero-order valence-corrected chi connectivity index (χ0v) is 14.6. The maximum Gasteiger partial charge on any atom is 0.284 e. The molecule has 1 N–H and O–H groups in total. The first-order valence-corrected chi connectivity index (χ1v) is 9.67. The van der Waals surface area contributed by atoms with E-state index in [1.807, 2.05) is 30.3 Å². The summed E-state index contributed by atoms with van der Waals surface area (Å²) in [4.78, 5) is 20.7. The lowest BCUT2D eigenvalue weighted by atomic mass is 10.1. The van der Waals surface area contributed by atoms with E-state index in [2.05, 4.69) is 20.2 Å². The number of nitrogens with one attached hydrogen (secondary N) is 1. The van der Waals surface area contributed by atoms with Crippen LogP contribution in [-0.4, -0.2) is 25.9 Å². The molecule has 5 rings (SSSR count). The largest absolute Gasteiger partial charge is 0.413 e. The number of thiophene rings is 1. The molecule has 1 aromatic carbocycles. The van der Waals surface area contributed by atoms with Gasteiger partial charge in [0.05, 0.1) is 9.60 Å². The molecule has 124 valence electrons. The fourth-order valence-electron chi connectivity index (χ4n) is 2.92. The minimum absolute atomic E-state index is 0.139. The Morgan fingerprint density at radius 2 is 1.96 bits per heavy atom. The molecule has 0 fully saturated rings. The van der Waals surface area contributed by atoms with Gasteiger partial charge in [-0.2, -0.15) is 0 Å². The second-order valence-corrected chi connectivity index (χ2v) is 8.06. The molecule has 0 amide bonds. The molecule has 1 aliphatic heterocycles. The Morgan fingerprint density at radius 1 is 1.12 bits per heavy atom. The van der Waals surface area contributed by atoms with Crippen molar-refractivity contribution in [2.45, 2.75) is 17.1 Å². The van der Waals surface area contributed by atoms with Crippen molar-refractivity contribution in [3.8, 4) is 23.2 Å². The van der Waals surface area contributed by atoms with Crippen LogP contribution in [0.25, 0.3) is 33.4 Å². The van der Waals surface area contributed by atoms with Gasteiger partial charge in [0, 0.05) is 5.56 Å². The van der Waals surface area contributed by atoms with Crippen LogP contribution in [0.4, 0.5) is 0 Å². The molecule has 0 bridgehead atoms. The normalized spacial score (nSPS) is 13.9. The van der Waals surface area contributed by atoms with Crippen LogP contribution < -0.4 is 5.56 Å². The van der Waals surface area contributed by atoms with Crippen molar-refractivity contribution in [1.82, 2.24) is 20.2 Å². The second-order valence-electron chi connectivity index (χ2n) is 5.69. The van der Waals surface area contributed by atoms with Crippen LogP contribution >= 0.6 is 23.1 Å². The molecule has 0 saturated carbocycles. The van der Waals surface area contributed by atoms with E-state index in [0.29, 0.717) is 17.1 Å². The summed E-state index contributed by atoms with van der Waals surface area (Å²) < 4.78 is 6.91. The highest BCUT2D eigenvalue weighted by Crippen LogP contribution is 2.40. The Balaban J connectivity index is 1.62. The number of aromatic amines is 1. The van der Waals surface area contributed by atoms with Gasteiger partial charge < -0.3 is 9.40 Å². The zero-order valence-electron chi connectivity index (χ0n) is 13.0. The topological polar surface area (TPSA) is 84.7 Å². The summed E-state index contributed by atoms with van der Waals surface area (Å²) in [6, 6.07) is 9.51. The summed E-state index contributed by atoms with van der Waals surface area (Å²) in [7, 11) is 0. The minimum atomic E-state index is -0.139. The predicted octanol–water partition coefficient (Wildman–Crippen LogP) is 3.74. The van der Waals surface area contributed by atoms with Gasteiger partial charge in [-0.1, -0.05) is 18.2 Å². The average molecular weight is 368 g/mol. The van der Waals surface area contributed by atoms with E-state index in [-0.39, 0.29) is 11.4 Å². The Morgan fingerprint density at radius 3 is 2.84 bits per heavy atom. The maximum atomic E-state index is 12.6. The average Bonchev–Trinajstić information content (AvgIpc) is 3.27. The van der Waals surface area contributed by atoms with Gasteiger partial charge in [0.2, 0.25) is 5.89 Å². The van der Waals surface area contributed by atoms with Crippen molar-refractivity contribution in [2.75, 3.05) is 5.75 Å². The molecule has 0 spiro atoms. The monoisotopic (exact) mass is 368 g/mol. The number of rotatable bonds is 2. The smallest absolute Gasteiger partial charge is 0.284 e. The molecule has 4 aromatic rings. The van der Waals surface area contributed by atoms with E-state index in [0.717, 1.165) is 34.6 Å². The molecule has 0 saturated heterocycles. The van der Waals surface area contributed by atoms with E-state index >= 15 is 0 Å². The van der Waals surface area contributed by atoms with Gasteiger partial charge >= 0.3 is 0 Å². The number of hydrogen-bond donors (Lipinski definition) is 1. The van der Waals surface area contributed by atoms with Gasteiger partial charge in [-0.3, -0.25) is 4.79 Å². The summed E-state index contributed by atoms with van der Waals surface area (Å²) in [5, 5.41) is 8.81. The van der Waals surface area contributed by atoms with Crippen LogP contribution in [-0.2, 0) is 6.42 Å². The minimum Gasteiger partial charge on any atom is -0.413 e. The van der Waals surface area contributed by atoms with Crippen LogP contribution in [0, 0.1) is 0 Å². The van der Waals surface area contributed by atoms with Crippen LogP contribution in [0.2, 0.25) is 0 Å². The third-order valence-corrected chi connectivity index (χ3v) is 6.60. The van der Waals surface area contributed by atoms with E-state index in [9.17, 15) is 4.79 Å². The van der Waals surface area contributed by atoms with Crippen molar-refractivity contribution < 1.29 is 4.42 Å². The lowest BCUT2D eigenvalue weighted by molar-refractivity contribution is 0.579. The second kappa shape index (κ2) is 5.82. The van der Waals surface area contributed by atoms with Gasteiger partial charge in [0.15, 0.2) is 5.82 Å². The zero-order chi connectivity index (χ0) is 16.8. The van der Waals surface area contributed by atoms with Crippen molar-refractivity contribution in [2.24, 2.45) is 0 Å². The summed E-state index contributed by atoms with van der Waals surface area (Å²) >= 11 is 3.37. The van der Waals surface area contributed by atoms with Gasteiger partial charge in [-0.15, -0.1) is 33.3 Å². The molecule has 4 heterocycles. The molecular formula is C17H12N4O2S2. The standard InChI is InChI=1S/C17H12N4O2S2/c22-13-11-10-7-4-8-24-17(10)25-16(11)19-12(18-13)15-21-20-14(23-15)9-5-2-1-3-6-9/h1-3,5-6H,4,7-8H2,(H,18,19,22). The van der Waals surface area contributed by atoms with Gasteiger partial charge in [-0.05, 0) is 36.3 Å². The van der Waals surface area contributed by atoms with Gasteiger partial charge in [-0.25, -0.2) is 4.98 Å². The molecule has 0 radical (unpaired) electrons. The van der Waals surface area contributed by atoms with E-state index < -0.39 is 0 Å². The van der Waals surface area contributed by atoms with Gasteiger partial charge in [0.1, 0.15) is 4.83 Å². The molecule has 0 unspecified atom stereocenters. The first-order valence-electron chi connectivity index (χ1n) is 7.87. The highest BCUT2D eigenvalue weighted by molar-refractivity contribution is 8.01. The lowest BCUT2D eigenvalue weighted by Gasteiger charge is -2.08. The number of thioether (sulfide) groups is 1. The number of nitrogens with zero attached hydrogens (tertiary/aromatic N) is 3. The molecule has 3 aromatic heterocycles. The van der Waals surface area contributed by atoms with Crippen LogP contribution in [0.3, 0.4) is 0 Å². The van der Waals surface area contributed by atoms with E-state index in [1.165, 1.54) is 4.21 Å². The number of hydrogen-bond acceptors (Lipinski definition) is 7. The number of aryl methyl sites for hydroxylation is 1. The molecule has 1 aliphatic rings. The summed E-state index contributed by atoms with van der Waals surface area (Å²) in [5.74, 6) is 2.03. The Labute approximate surface area is 150 Å². The molecular weight excluding hydrogens is 356 g/mol. The third-order valence-electron chi connectivity index (χ3n) is 4.08. The van der Waals surface area contributed by atoms with Crippen LogP contribution in [0.15, 0.2) is 43.8 Å². The predicted molar refractivity (Wildman–Crippen MR) is 98.0 cm³/mol. The quantitative estimate of drug-likeness (QED) is 0.580. The third kappa shape index (κ3) is 2.49. The molecule has 0 aliphatic carbocycles. The van der Waals surface area contributed by atoms with Crippen molar-refractivity contribution in [1.29, 1.82) is 0 Å². The van der Waals surface area contributed by atoms with E-state index in [4.69, 9.17) is 4.42 Å². The molecule has 6 nitrogen and oxygen atoms in total. The number of aromatic nitrogens is 4. The summed E-state index contributed by atoms with van der Waals surface area (Å²) in [6.45, 7) is 0. The number of H-pyrrole nitrogens is 1. The summed E-state index contributed by atoms with van der Waals surface area (Å²) in [5.41, 5.74) is 1.82. The lowest BCUT2D eigenvalue weighted by Crippen LogP contribution is -2.10. The van der Waals surface area contributed by atoms with Crippen molar-refractivity contribution >= 4 is 33.3 Å². The molecule has 8 heteroatoms. The first-order chi connectivity index (χ1) is 12.3. The Kier molecular flexibility index (Phi) is 3.46. The van der Waals surface area contributed by atoms with Crippen LogP contribution in [0.1, 0.15) is 12.0 Å². The van der Waals surface area contributed by atoms with E-state index in [1.54, 1.807) is 23.1 Å². The number of fused-ring (bicyclic) bond motifs is 3. The Bertz CT molecular complexity index is 1130. The van der Waals surface area contributed by atoms with Gasteiger partial charge in [0.25, 0.3) is 11.4 Å². The maximum absolute atomic E-state index is 12.6. The number of benzene rings is 1. The fourth-order valence-corrected chi connectivity index (χ4v) is 5.45. The molecule has 0 atom stereocenters. The highest BCUT2D eigenvalue weighted by atomic mass is 32.2. The fraction of sp³-hybridized carbons (Fsp3) is 0.176. The highest BCUT2D eigenvalue weighted by Gasteiger charge is 2.22. The molecule has 25 heavy (non-hydrogen) atoms. The SMILES string of the molecule is O=c1[nH]c(-c2nnc(-c3ccccc3)o2)nc2sc3c(c12)CCCS3.